The molecule has 33 heavy (non-hydrogen) atoms. The fraction of sp³-hybridized carbons (Fsp3) is 0.600. The number of carbonyl (C=O) groups excluding carboxylic acids is 2. The minimum absolute atomic E-state index is 0.00342. The molecule has 0 aliphatic carbocycles. The minimum atomic E-state index is -3.92. The molecule has 1 aliphatic heterocycles. The van der Waals surface area contributed by atoms with Gasteiger partial charge in [-0.15, -0.1) is 0 Å². The minimum Gasteiger partial charge on any atom is -0.464 e. The molecule has 1 aromatic rings. The van der Waals surface area contributed by atoms with Crippen LogP contribution in [0.4, 0.5) is 0 Å². The highest BCUT2D eigenvalue weighted by Gasteiger charge is 2.45. The Morgan fingerprint density at radius 2 is 1.76 bits per heavy atom. The standard InChI is InChI=1S/C20H29NO11S/c1-11-5-7-13(8-6-11)33(28,29)21-12(2)19(27)30-9-3-4-15(23)32-20-18(26)17(25)16(24)14(10-22)31-20/h5-8,12,14,16-18,20-22,24-26H,3-4,9-10H2,1-2H3/t12?,14-,16-,17+,18-,20?/m1/s1. The SMILES string of the molecule is Cc1ccc(S(=O)(=O)NC(C)C(=O)OCCCC(=O)OC2O[C@H](CO)[C@@H](O)[C@H](O)[C@H]2O)cc1. The normalized spacial score (nSPS) is 26.4. The van der Waals surface area contributed by atoms with Crippen molar-refractivity contribution < 1.29 is 52.6 Å². The molecule has 0 radical (unpaired) electrons. The highest BCUT2D eigenvalue weighted by molar-refractivity contribution is 7.89. The van der Waals surface area contributed by atoms with E-state index in [4.69, 9.17) is 19.3 Å². The lowest BCUT2D eigenvalue weighted by Crippen LogP contribution is -2.59. The van der Waals surface area contributed by atoms with E-state index in [-0.39, 0.29) is 24.3 Å². The van der Waals surface area contributed by atoms with E-state index in [0.29, 0.717) is 0 Å². The maximum atomic E-state index is 12.3. The Bertz CT molecular complexity index is 903. The van der Waals surface area contributed by atoms with E-state index in [9.17, 15) is 33.3 Å². The Morgan fingerprint density at radius 3 is 2.36 bits per heavy atom. The summed E-state index contributed by atoms with van der Waals surface area (Å²) in [6.45, 7) is 2.25. The van der Waals surface area contributed by atoms with Crippen molar-refractivity contribution in [2.75, 3.05) is 13.2 Å². The molecule has 0 bridgehead atoms. The molecular formula is C20H29NO11S. The maximum Gasteiger partial charge on any atom is 0.323 e. The van der Waals surface area contributed by atoms with Gasteiger partial charge in [-0.2, -0.15) is 4.72 Å². The first kappa shape index (κ1) is 27.1. The molecule has 1 aliphatic rings. The van der Waals surface area contributed by atoms with Crippen LogP contribution in [0.25, 0.3) is 0 Å². The molecule has 1 saturated heterocycles. The summed E-state index contributed by atoms with van der Waals surface area (Å²) in [6.07, 6.45) is -8.00. The van der Waals surface area contributed by atoms with Gasteiger partial charge in [-0.1, -0.05) is 17.7 Å². The van der Waals surface area contributed by atoms with Crippen LogP contribution in [0.1, 0.15) is 25.3 Å². The van der Waals surface area contributed by atoms with Gasteiger partial charge in [-0.25, -0.2) is 8.42 Å². The molecular weight excluding hydrogens is 462 g/mol. The lowest BCUT2D eigenvalue weighted by molar-refractivity contribution is -0.292. The summed E-state index contributed by atoms with van der Waals surface area (Å²) in [6, 6.07) is 4.91. The Balaban J connectivity index is 1.74. The summed E-state index contributed by atoms with van der Waals surface area (Å²) in [5, 5.41) is 38.4. The molecule has 12 nitrogen and oxygen atoms in total. The van der Waals surface area contributed by atoms with Crippen molar-refractivity contribution in [2.24, 2.45) is 0 Å². The Morgan fingerprint density at radius 1 is 1.12 bits per heavy atom. The lowest BCUT2D eigenvalue weighted by atomic mass is 9.99. The molecule has 186 valence electrons. The number of aliphatic hydroxyl groups excluding tert-OH is 4. The first-order valence-corrected chi connectivity index (χ1v) is 11.7. The molecule has 1 aromatic carbocycles. The van der Waals surface area contributed by atoms with Gasteiger partial charge < -0.3 is 34.6 Å². The molecule has 2 unspecified atom stereocenters. The van der Waals surface area contributed by atoms with Crippen molar-refractivity contribution in [1.29, 1.82) is 0 Å². The van der Waals surface area contributed by atoms with Gasteiger partial charge in [0, 0.05) is 6.42 Å². The number of hydrogen-bond acceptors (Lipinski definition) is 11. The summed E-state index contributed by atoms with van der Waals surface area (Å²) in [5.41, 5.74) is 0.881. The van der Waals surface area contributed by atoms with Gasteiger partial charge >= 0.3 is 11.9 Å². The van der Waals surface area contributed by atoms with Gasteiger partial charge in [0.05, 0.1) is 18.1 Å². The Labute approximate surface area is 191 Å². The van der Waals surface area contributed by atoms with E-state index < -0.39 is 65.3 Å². The van der Waals surface area contributed by atoms with Crippen molar-refractivity contribution in [3.63, 3.8) is 0 Å². The highest BCUT2D eigenvalue weighted by Crippen LogP contribution is 2.22. The predicted molar refractivity (Wildman–Crippen MR) is 111 cm³/mol. The summed E-state index contributed by atoms with van der Waals surface area (Å²) in [7, 11) is -3.92. The second-order valence-corrected chi connectivity index (χ2v) is 9.33. The van der Waals surface area contributed by atoms with Crippen LogP contribution in [-0.2, 0) is 33.8 Å². The third kappa shape index (κ3) is 7.43. The first-order valence-electron chi connectivity index (χ1n) is 10.2. The van der Waals surface area contributed by atoms with E-state index in [1.807, 2.05) is 6.92 Å². The van der Waals surface area contributed by atoms with Gasteiger partial charge in [0.2, 0.25) is 16.3 Å². The number of rotatable bonds is 10. The number of esters is 2. The van der Waals surface area contributed by atoms with E-state index >= 15 is 0 Å². The van der Waals surface area contributed by atoms with Gasteiger partial charge in [-0.05, 0) is 32.4 Å². The molecule has 2 rings (SSSR count). The molecule has 13 heteroatoms. The van der Waals surface area contributed by atoms with Crippen LogP contribution in [0.2, 0.25) is 0 Å². The predicted octanol–water partition coefficient (Wildman–Crippen LogP) is -1.67. The van der Waals surface area contributed by atoms with Gasteiger partial charge in [0.25, 0.3) is 0 Å². The van der Waals surface area contributed by atoms with Crippen molar-refractivity contribution in [1.82, 2.24) is 4.72 Å². The van der Waals surface area contributed by atoms with E-state index in [1.165, 1.54) is 19.1 Å². The fourth-order valence-corrected chi connectivity index (χ4v) is 4.13. The van der Waals surface area contributed by atoms with Crippen molar-refractivity contribution in [2.45, 2.75) is 68.3 Å². The number of hydrogen-bond donors (Lipinski definition) is 5. The number of ether oxygens (including phenoxy) is 3. The van der Waals surface area contributed by atoms with Crippen LogP contribution >= 0.6 is 0 Å². The van der Waals surface area contributed by atoms with Crippen molar-refractivity contribution in [3.05, 3.63) is 29.8 Å². The van der Waals surface area contributed by atoms with Crippen LogP contribution in [0.3, 0.4) is 0 Å². The second-order valence-electron chi connectivity index (χ2n) is 7.61. The monoisotopic (exact) mass is 491 g/mol. The van der Waals surface area contributed by atoms with Crippen LogP contribution in [0.15, 0.2) is 29.2 Å². The van der Waals surface area contributed by atoms with Gasteiger partial charge in [-0.3, -0.25) is 9.59 Å². The molecule has 0 aromatic heterocycles. The molecule has 0 spiro atoms. The zero-order chi connectivity index (χ0) is 24.8. The third-order valence-electron chi connectivity index (χ3n) is 4.88. The largest absolute Gasteiger partial charge is 0.464 e. The van der Waals surface area contributed by atoms with E-state index in [2.05, 4.69) is 4.72 Å². The number of carbonyl (C=O) groups is 2. The quantitative estimate of drug-likeness (QED) is 0.186. The molecule has 0 saturated carbocycles. The zero-order valence-electron chi connectivity index (χ0n) is 18.2. The zero-order valence-corrected chi connectivity index (χ0v) is 19.0. The molecule has 1 fully saturated rings. The van der Waals surface area contributed by atoms with E-state index in [1.54, 1.807) is 12.1 Å². The summed E-state index contributed by atoms with van der Waals surface area (Å²) < 4.78 is 41.8. The number of benzene rings is 1. The fourth-order valence-electron chi connectivity index (χ4n) is 2.93. The average Bonchev–Trinajstić information content (AvgIpc) is 2.76. The smallest absolute Gasteiger partial charge is 0.323 e. The average molecular weight is 492 g/mol. The van der Waals surface area contributed by atoms with Crippen molar-refractivity contribution >= 4 is 22.0 Å². The second kappa shape index (κ2) is 11.8. The lowest BCUT2D eigenvalue weighted by Gasteiger charge is -2.39. The summed E-state index contributed by atoms with van der Waals surface area (Å²) in [5.74, 6) is -1.68. The van der Waals surface area contributed by atoms with Crippen LogP contribution in [-0.4, -0.2) is 90.7 Å². The molecule has 0 amide bonds. The van der Waals surface area contributed by atoms with Crippen molar-refractivity contribution in [3.8, 4) is 0 Å². The summed E-state index contributed by atoms with van der Waals surface area (Å²) in [4.78, 5) is 24.0. The van der Waals surface area contributed by atoms with Crippen LogP contribution < -0.4 is 4.72 Å². The summed E-state index contributed by atoms with van der Waals surface area (Å²) >= 11 is 0. The number of aliphatic hydroxyl groups is 4. The molecule has 5 N–H and O–H groups in total. The number of nitrogens with one attached hydrogen (secondary N) is 1. The molecule has 6 atom stereocenters. The van der Waals surface area contributed by atoms with Crippen LogP contribution in [0.5, 0.6) is 0 Å². The highest BCUT2D eigenvalue weighted by atomic mass is 32.2. The Kier molecular flexibility index (Phi) is 9.72. The first-order chi connectivity index (χ1) is 15.5. The van der Waals surface area contributed by atoms with E-state index in [0.717, 1.165) is 5.56 Å². The Hall–Kier alpha value is -2.13. The maximum absolute atomic E-state index is 12.3. The number of sulfonamides is 1. The third-order valence-corrected chi connectivity index (χ3v) is 6.44. The van der Waals surface area contributed by atoms with Gasteiger partial charge in [0.15, 0.2) is 0 Å². The van der Waals surface area contributed by atoms with Gasteiger partial charge in [0.1, 0.15) is 30.5 Å². The number of aryl methyl sites for hydroxylation is 1. The van der Waals surface area contributed by atoms with Crippen LogP contribution in [0, 0.1) is 6.92 Å². The molecule has 1 heterocycles. The topological polar surface area (TPSA) is 189 Å².